The largest absolute Gasteiger partial charge is 0.305 e. The summed E-state index contributed by atoms with van der Waals surface area (Å²) in [5.74, 6) is -0.959. The first kappa shape index (κ1) is 20.7. The molecule has 0 spiro atoms. The van der Waals surface area contributed by atoms with E-state index in [4.69, 9.17) is 0 Å². The lowest BCUT2D eigenvalue weighted by Crippen LogP contribution is -2.29. The third-order valence-corrected chi connectivity index (χ3v) is 5.27. The molecule has 5 rings (SSSR count). The van der Waals surface area contributed by atoms with E-state index in [9.17, 15) is 19.6 Å². The van der Waals surface area contributed by atoms with Crippen LogP contribution in [0, 0.1) is 11.3 Å². The van der Waals surface area contributed by atoms with Crippen molar-refractivity contribution in [3.8, 4) is 11.9 Å². The van der Waals surface area contributed by atoms with Gasteiger partial charge in [0.15, 0.2) is 11.6 Å². The smallest absolute Gasteiger partial charge is 0.261 e. The number of aromatic nitrogens is 4. The van der Waals surface area contributed by atoms with Crippen molar-refractivity contribution in [2.75, 3.05) is 5.32 Å². The predicted molar refractivity (Wildman–Crippen MR) is 119 cm³/mol. The van der Waals surface area contributed by atoms with Crippen LogP contribution < -0.4 is 5.32 Å². The summed E-state index contributed by atoms with van der Waals surface area (Å²) in [6, 6.07) is 16.7. The van der Waals surface area contributed by atoms with E-state index in [1.54, 1.807) is 48.8 Å². The highest BCUT2D eigenvalue weighted by atomic mass is 16.2. The lowest BCUT2D eigenvalue weighted by molar-refractivity contribution is 0.0640. The van der Waals surface area contributed by atoms with Gasteiger partial charge in [0.2, 0.25) is 0 Å². The maximum atomic E-state index is 13.0. The minimum Gasteiger partial charge on any atom is -0.305 e. The summed E-state index contributed by atoms with van der Waals surface area (Å²) in [7, 11) is 0. The van der Waals surface area contributed by atoms with Crippen LogP contribution in [0.3, 0.4) is 0 Å². The molecule has 0 fully saturated rings. The van der Waals surface area contributed by atoms with Crippen molar-refractivity contribution in [1.82, 2.24) is 24.6 Å². The summed E-state index contributed by atoms with van der Waals surface area (Å²) in [6.45, 7) is 0.0313. The Hall–Kier alpha value is -5.17. The molecule has 0 bridgehead atoms. The zero-order valence-corrected chi connectivity index (χ0v) is 17.5. The fraction of sp³-hybridized carbons (Fsp3) is 0.0417. The summed E-state index contributed by atoms with van der Waals surface area (Å²) in [6.07, 6.45) is 4.47. The van der Waals surface area contributed by atoms with Crippen molar-refractivity contribution < 1.29 is 14.4 Å². The number of imide groups is 1. The summed E-state index contributed by atoms with van der Waals surface area (Å²) >= 11 is 0. The van der Waals surface area contributed by atoms with Crippen LogP contribution in [-0.4, -0.2) is 42.4 Å². The molecule has 0 radical (unpaired) electrons. The van der Waals surface area contributed by atoms with E-state index >= 15 is 0 Å². The molecule has 1 aliphatic heterocycles. The number of benzene rings is 1. The quantitative estimate of drug-likeness (QED) is 0.463. The molecule has 10 heteroatoms. The van der Waals surface area contributed by atoms with Crippen LogP contribution in [0.15, 0.2) is 73.2 Å². The van der Waals surface area contributed by atoms with Crippen LogP contribution in [0.2, 0.25) is 0 Å². The van der Waals surface area contributed by atoms with Gasteiger partial charge in [-0.3, -0.25) is 24.3 Å². The molecule has 164 valence electrons. The highest BCUT2D eigenvalue weighted by molar-refractivity contribution is 6.22. The fourth-order valence-corrected chi connectivity index (χ4v) is 3.61. The molecule has 1 N–H and O–H groups in total. The average Bonchev–Trinajstić information content (AvgIpc) is 3.39. The fourth-order valence-electron chi connectivity index (χ4n) is 3.61. The van der Waals surface area contributed by atoms with Gasteiger partial charge in [-0.25, -0.2) is 4.98 Å². The Morgan fingerprint density at radius 1 is 0.971 bits per heavy atom. The highest BCUT2D eigenvalue weighted by Crippen LogP contribution is 2.26. The number of nitrogens with zero attached hydrogens (tertiary/aromatic N) is 6. The van der Waals surface area contributed by atoms with Crippen molar-refractivity contribution in [2.45, 2.75) is 6.54 Å². The Bertz CT molecular complexity index is 1470. The maximum Gasteiger partial charge on any atom is 0.261 e. The Morgan fingerprint density at radius 2 is 1.74 bits per heavy atom. The van der Waals surface area contributed by atoms with Crippen molar-refractivity contribution in [3.05, 3.63) is 101 Å². The zero-order valence-electron chi connectivity index (χ0n) is 17.5. The molecule has 0 saturated carbocycles. The summed E-state index contributed by atoms with van der Waals surface area (Å²) in [4.78, 5) is 48.2. The molecule has 0 atom stereocenters. The molecule has 3 aromatic heterocycles. The van der Waals surface area contributed by atoms with Crippen LogP contribution in [0.5, 0.6) is 0 Å². The van der Waals surface area contributed by atoms with Gasteiger partial charge in [0.1, 0.15) is 11.6 Å². The van der Waals surface area contributed by atoms with Crippen LogP contribution in [-0.2, 0) is 6.54 Å². The van der Waals surface area contributed by atoms with Gasteiger partial charge in [-0.05, 0) is 42.5 Å². The van der Waals surface area contributed by atoms with Crippen LogP contribution in [0.25, 0.3) is 5.82 Å². The predicted octanol–water partition coefficient (Wildman–Crippen LogP) is 2.58. The molecule has 0 aliphatic carbocycles. The minimum absolute atomic E-state index is 0.0313. The molecular weight excluding hydrogens is 434 g/mol. The van der Waals surface area contributed by atoms with Gasteiger partial charge < -0.3 is 5.32 Å². The standard InChI is InChI=1S/C24H15N7O3/c25-12-16-13-28-31(20-6-2-4-10-27-20)21(16)29-22(32)15-7-8-18-19(11-15)24(34)30(23(18)33)14-17-5-1-3-9-26-17/h1-11,13H,14H2,(H,29,32). The lowest BCUT2D eigenvalue weighted by Gasteiger charge is -2.12. The van der Waals surface area contributed by atoms with Gasteiger partial charge in [0.25, 0.3) is 17.7 Å². The number of nitriles is 1. The monoisotopic (exact) mass is 449 g/mol. The lowest BCUT2D eigenvalue weighted by atomic mass is 10.1. The number of hydrogen-bond donors (Lipinski definition) is 1. The number of rotatable bonds is 5. The molecule has 0 unspecified atom stereocenters. The molecule has 1 aromatic carbocycles. The molecule has 10 nitrogen and oxygen atoms in total. The van der Waals surface area contributed by atoms with Crippen LogP contribution >= 0.6 is 0 Å². The van der Waals surface area contributed by atoms with Crippen molar-refractivity contribution in [2.24, 2.45) is 0 Å². The van der Waals surface area contributed by atoms with Crippen LogP contribution in [0.1, 0.15) is 42.3 Å². The molecule has 4 aromatic rings. The second-order valence-electron chi connectivity index (χ2n) is 7.35. The molecule has 0 saturated heterocycles. The summed E-state index contributed by atoms with van der Waals surface area (Å²) < 4.78 is 1.34. The minimum atomic E-state index is -0.569. The Labute approximate surface area is 193 Å². The van der Waals surface area contributed by atoms with Gasteiger partial charge in [-0.2, -0.15) is 15.0 Å². The van der Waals surface area contributed by atoms with Gasteiger partial charge in [0.05, 0.1) is 29.6 Å². The molecule has 3 amide bonds. The molecule has 34 heavy (non-hydrogen) atoms. The third-order valence-electron chi connectivity index (χ3n) is 5.27. The average molecular weight is 449 g/mol. The number of amides is 3. The van der Waals surface area contributed by atoms with E-state index in [1.165, 1.54) is 29.1 Å². The summed E-state index contributed by atoms with van der Waals surface area (Å²) in [5, 5.41) is 16.2. The number of fused-ring (bicyclic) bond motifs is 1. The molecular formula is C24H15N7O3. The Kier molecular flexibility index (Phi) is 5.12. The van der Waals surface area contributed by atoms with Gasteiger partial charge >= 0.3 is 0 Å². The van der Waals surface area contributed by atoms with E-state index in [2.05, 4.69) is 20.4 Å². The Balaban J connectivity index is 1.42. The highest BCUT2D eigenvalue weighted by Gasteiger charge is 2.36. The first-order valence-corrected chi connectivity index (χ1v) is 10.2. The topological polar surface area (TPSA) is 134 Å². The second kappa shape index (κ2) is 8.40. The number of hydrogen-bond acceptors (Lipinski definition) is 7. The van der Waals surface area contributed by atoms with Crippen molar-refractivity contribution in [1.29, 1.82) is 5.26 Å². The van der Waals surface area contributed by atoms with E-state index in [1.807, 2.05) is 6.07 Å². The van der Waals surface area contributed by atoms with E-state index < -0.39 is 17.7 Å². The second-order valence-corrected chi connectivity index (χ2v) is 7.35. The number of anilines is 1. The number of nitrogens with one attached hydrogen (secondary N) is 1. The maximum absolute atomic E-state index is 13.0. The molecule has 4 heterocycles. The zero-order chi connectivity index (χ0) is 23.7. The Morgan fingerprint density at radius 3 is 2.44 bits per heavy atom. The van der Waals surface area contributed by atoms with E-state index in [-0.39, 0.29) is 34.6 Å². The van der Waals surface area contributed by atoms with Gasteiger partial charge in [-0.15, -0.1) is 0 Å². The third kappa shape index (κ3) is 3.57. The van der Waals surface area contributed by atoms with E-state index in [0.29, 0.717) is 11.5 Å². The number of carbonyl (C=O) groups is 3. The summed E-state index contributed by atoms with van der Waals surface area (Å²) in [5.41, 5.74) is 1.22. The first-order valence-electron chi connectivity index (χ1n) is 10.2. The van der Waals surface area contributed by atoms with E-state index in [0.717, 1.165) is 4.90 Å². The SMILES string of the molecule is N#Cc1cnn(-c2ccccn2)c1NC(=O)c1ccc2c(c1)C(=O)N(Cc1ccccn1)C2=O. The van der Waals surface area contributed by atoms with Crippen LogP contribution in [0.4, 0.5) is 5.82 Å². The normalized spacial score (nSPS) is 12.4. The number of carbonyl (C=O) groups excluding carboxylic acids is 3. The van der Waals surface area contributed by atoms with Crippen molar-refractivity contribution >= 4 is 23.5 Å². The molecule has 1 aliphatic rings. The number of pyridine rings is 2. The van der Waals surface area contributed by atoms with Gasteiger partial charge in [0, 0.05) is 18.0 Å². The first-order chi connectivity index (χ1) is 16.6. The van der Waals surface area contributed by atoms with Gasteiger partial charge in [-0.1, -0.05) is 12.1 Å². The van der Waals surface area contributed by atoms with Crippen molar-refractivity contribution in [3.63, 3.8) is 0 Å².